The average molecular weight is 281 g/mol. The lowest BCUT2D eigenvalue weighted by Crippen LogP contribution is -2.43. The molecule has 0 heterocycles. The minimum Gasteiger partial charge on any atom is -0.481 e. The fraction of sp³-hybridized carbons (Fsp3) is 0.733. The van der Waals surface area contributed by atoms with Gasteiger partial charge in [0.25, 0.3) is 0 Å². The van der Waals surface area contributed by atoms with E-state index in [1.807, 2.05) is 26.0 Å². The highest BCUT2D eigenvalue weighted by Crippen LogP contribution is 2.48. The van der Waals surface area contributed by atoms with Gasteiger partial charge in [-0.15, -0.1) is 0 Å². The number of carbonyl (C=O) groups excluding carboxylic acids is 1. The second kappa shape index (κ2) is 5.56. The van der Waals surface area contributed by atoms with E-state index < -0.39 is 17.8 Å². The van der Waals surface area contributed by atoms with Crippen LogP contribution in [0.15, 0.2) is 12.2 Å². The molecule has 112 valence electrons. The molecular weight excluding hydrogens is 258 g/mol. The number of fused-ring (bicyclic) bond motifs is 2. The highest BCUT2D eigenvalue weighted by molar-refractivity contribution is 5.86. The van der Waals surface area contributed by atoms with Gasteiger partial charge < -0.3 is 15.5 Å². The molecule has 1 fully saturated rings. The van der Waals surface area contributed by atoms with Crippen molar-refractivity contribution in [2.24, 2.45) is 29.1 Å². The monoisotopic (exact) mass is 281 g/mol. The van der Waals surface area contributed by atoms with E-state index in [2.05, 4.69) is 5.32 Å². The van der Waals surface area contributed by atoms with E-state index in [1.54, 1.807) is 0 Å². The molecule has 0 saturated heterocycles. The van der Waals surface area contributed by atoms with Crippen LogP contribution in [0.2, 0.25) is 0 Å². The van der Waals surface area contributed by atoms with Gasteiger partial charge in [0, 0.05) is 13.2 Å². The Kier molecular flexibility index (Phi) is 4.18. The van der Waals surface area contributed by atoms with E-state index in [0.717, 1.165) is 6.42 Å². The number of carbonyl (C=O) groups is 2. The third kappa shape index (κ3) is 2.87. The number of nitrogens with one attached hydrogen (secondary N) is 1. The van der Waals surface area contributed by atoms with Crippen molar-refractivity contribution in [1.82, 2.24) is 5.32 Å². The van der Waals surface area contributed by atoms with Crippen LogP contribution in [0.4, 0.5) is 0 Å². The van der Waals surface area contributed by atoms with Crippen molar-refractivity contribution in [3.8, 4) is 0 Å². The maximum Gasteiger partial charge on any atom is 0.307 e. The van der Waals surface area contributed by atoms with E-state index in [0.29, 0.717) is 13.0 Å². The highest BCUT2D eigenvalue weighted by Gasteiger charge is 2.51. The molecule has 2 aliphatic rings. The van der Waals surface area contributed by atoms with Gasteiger partial charge in [-0.05, 0) is 30.1 Å². The molecule has 4 atom stereocenters. The Bertz CT molecular complexity index is 430. The molecule has 0 aliphatic heterocycles. The van der Waals surface area contributed by atoms with Gasteiger partial charge in [0.15, 0.2) is 0 Å². The number of amides is 1. The van der Waals surface area contributed by atoms with Crippen molar-refractivity contribution in [2.75, 3.05) is 13.2 Å². The van der Waals surface area contributed by atoms with Gasteiger partial charge in [-0.2, -0.15) is 0 Å². The predicted octanol–water partition coefficient (Wildman–Crippen LogP) is 1.03. The fourth-order valence-electron chi connectivity index (χ4n) is 3.35. The number of aliphatic hydroxyl groups is 1. The molecule has 5 heteroatoms. The maximum absolute atomic E-state index is 12.3. The van der Waals surface area contributed by atoms with Crippen LogP contribution < -0.4 is 5.32 Å². The number of hydrogen-bond acceptors (Lipinski definition) is 3. The highest BCUT2D eigenvalue weighted by atomic mass is 16.4. The van der Waals surface area contributed by atoms with E-state index >= 15 is 0 Å². The Balaban J connectivity index is 1.99. The van der Waals surface area contributed by atoms with Gasteiger partial charge in [0.2, 0.25) is 5.91 Å². The lowest BCUT2D eigenvalue weighted by Gasteiger charge is -2.28. The number of aliphatic hydroxyl groups excluding tert-OH is 1. The summed E-state index contributed by atoms with van der Waals surface area (Å²) in [6.07, 6.45) is 5.29. The molecule has 1 amide bonds. The molecule has 1 saturated carbocycles. The Morgan fingerprint density at radius 3 is 2.40 bits per heavy atom. The zero-order chi connectivity index (χ0) is 14.9. The predicted molar refractivity (Wildman–Crippen MR) is 73.8 cm³/mol. The van der Waals surface area contributed by atoms with Crippen LogP contribution >= 0.6 is 0 Å². The van der Waals surface area contributed by atoms with Crippen molar-refractivity contribution in [3.63, 3.8) is 0 Å². The van der Waals surface area contributed by atoms with E-state index in [-0.39, 0.29) is 29.8 Å². The van der Waals surface area contributed by atoms with E-state index in [4.69, 9.17) is 5.11 Å². The first-order valence-corrected chi connectivity index (χ1v) is 7.15. The maximum atomic E-state index is 12.3. The van der Waals surface area contributed by atoms with E-state index in [9.17, 15) is 14.7 Å². The number of carboxylic acids is 1. The molecule has 5 nitrogen and oxygen atoms in total. The Morgan fingerprint density at radius 1 is 1.25 bits per heavy atom. The van der Waals surface area contributed by atoms with Gasteiger partial charge in [0.05, 0.1) is 11.8 Å². The van der Waals surface area contributed by atoms with Crippen molar-refractivity contribution in [1.29, 1.82) is 0 Å². The summed E-state index contributed by atoms with van der Waals surface area (Å²) in [4.78, 5) is 23.7. The van der Waals surface area contributed by atoms with Crippen molar-refractivity contribution >= 4 is 11.9 Å². The second-order valence-electron chi connectivity index (χ2n) is 6.69. The quantitative estimate of drug-likeness (QED) is 0.635. The van der Waals surface area contributed by atoms with Gasteiger partial charge in [-0.3, -0.25) is 9.59 Å². The summed E-state index contributed by atoms with van der Waals surface area (Å²) < 4.78 is 0. The van der Waals surface area contributed by atoms with Crippen LogP contribution in [0.1, 0.15) is 26.7 Å². The molecule has 2 aliphatic carbocycles. The molecule has 20 heavy (non-hydrogen) atoms. The van der Waals surface area contributed by atoms with Crippen LogP contribution in [-0.4, -0.2) is 35.2 Å². The molecule has 0 aromatic rings. The number of hydrogen-bond donors (Lipinski definition) is 3. The number of aliphatic carboxylic acids is 1. The molecule has 2 bridgehead atoms. The Labute approximate surface area is 119 Å². The first kappa shape index (κ1) is 15.0. The number of rotatable bonds is 6. The number of carboxylic acid groups (broad SMARTS) is 1. The van der Waals surface area contributed by atoms with Crippen molar-refractivity contribution in [2.45, 2.75) is 26.7 Å². The van der Waals surface area contributed by atoms with Crippen LogP contribution in [0.3, 0.4) is 0 Å². The van der Waals surface area contributed by atoms with Crippen molar-refractivity contribution in [3.05, 3.63) is 12.2 Å². The summed E-state index contributed by atoms with van der Waals surface area (Å²) in [5.41, 5.74) is -0.184. The lowest BCUT2D eigenvalue weighted by molar-refractivity contribution is -0.147. The van der Waals surface area contributed by atoms with E-state index in [1.165, 1.54) is 0 Å². The fourth-order valence-corrected chi connectivity index (χ4v) is 3.35. The molecular formula is C15H23NO4. The van der Waals surface area contributed by atoms with Crippen molar-refractivity contribution < 1.29 is 19.8 Å². The van der Waals surface area contributed by atoms with Gasteiger partial charge in [-0.1, -0.05) is 26.0 Å². The summed E-state index contributed by atoms with van der Waals surface area (Å²) in [7, 11) is 0. The topological polar surface area (TPSA) is 86.6 Å². The molecule has 0 aromatic carbocycles. The van der Waals surface area contributed by atoms with Crippen LogP contribution in [0.25, 0.3) is 0 Å². The summed E-state index contributed by atoms with van der Waals surface area (Å²) in [5, 5.41) is 21.2. The summed E-state index contributed by atoms with van der Waals surface area (Å²) in [6.45, 7) is 4.48. The molecule has 3 N–H and O–H groups in total. The van der Waals surface area contributed by atoms with Crippen LogP contribution in [0, 0.1) is 29.1 Å². The first-order valence-electron chi connectivity index (χ1n) is 7.15. The summed E-state index contributed by atoms with van der Waals surface area (Å²) >= 11 is 0. The molecule has 4 unspecified atom stereocenters. The number of allylic oxidation sites excluding steroid dienone is 2. The third-order valence-corrected chi connectivity index (χ3v) is 4.58. The lowest BCUT2D eigenvalue weighted by atomic mass is 9.82. The van der Waals surface area contributed by atoms with Gasteiger partial charge in [0.1, 0.15) is 0 Å². The SMILES string of the molecule is CC(C)(CCO)CNC(=O)C1C2C=CC(C2)C1C(=O)O. The molecule has 2 rings (SSSR count). The summed E-state index contributed by atoms with van der Waals surface area (Å²) in [5.74, 6) is -2.03. The third-order valence-electron chi connectivity index (χ3n) is 4.58. The summed E-state index contributed by atoms with van der Waals surface area (Å²) in [6, 6.07) is 0. The first-order chi connectivity index (χ1) is 9.35. The zero-order valence-electron chi connectivity index (χ0n) is 12.0. The Hall–Kier alpha value is -1.36. The van der Waals surface area contributed by atoms with Gasteiger partial charge >= 0.3 is 5.97 Å². The molecule has 0 radical (unpaired) electrons. The van der Waals surface area contributed by atoms with Crippen LogP contribution in [0.5, 0.6) is 0 Å². The van der Waals surface area contributed by atoms with Crippen LogP contribution in [-0.2, 0) is 9.59 Å². The Morgan fingerprint density at radius 2 is 1.85 bits per heavy atom. The minimum atomic E-state index is -0.878. The molecule has 0 spiro atoms. The minimum absolute atomic E-state index is 0.00120. The second-order valence-corrected chi connectivity index (χ2v) is 6.69. The largest absolute Gasteiger partial charge is 0.481 e. The average Bonchev–Trinajstić information content (AvgIpc) is 2.95. The normalized spacial score (nSPS) is 31.6. The molecule has 0 aromatic heterocycles. The zero-order valence-corrected chi connectivity index (χ0v) is 12.0. The standard InChI is InChI=1S/C15H23NO4/c1-15(2,5-6-17)8-16-13(18)11-9-3-4-10(7-9)12(11)14(19)20/h3-4,9-12,17H,5-8H2,1-2H3,(H,16,18)(H,19,20). The van der Waals surface area contributed by atoms with Gasteiger partial charge in [-0.25, -0.2) is 0 Å². The smallest absolute Gasteiger partial charge is 0.307 e.